The molecule has 19 heavy (non-hydrogen) atoms. The second kappa shape index (κ2) is 7.25. The lowest BCUT2D eigenvalue weighted by Gasteiger charge is -2.10. The molecule has 0 fully saturated rings. The number of hydrogen-bond donors (Lipinski definition) is 3. The molecule has 0 saturated heterocycles. The fourth-order valence-electron chi connectivity index (χ4n) is 1.44. The van der Waals surface area contributed by atoms with Crippen molar-refractivity contribution >= 4 is 17.6 Å². The fourth-order valence-corrected chi connectivity index (χ4v) is 1.92. The van der Waals surface area contributed by atoms with Crippen LogP contribution in [0.2, 0.25) is 0 Å². The topological polar surface area (TPSA) is 70.6 Å². The molecule has 106 valence electrons. The van der Waals surface area contributed by atoms with Crippen LogP contribution >= 0.6 is 11.8 Å². The zero-order chi connectivity index (χ0) is 14.3. The number of nitrogens with two attached hydrogens (primary N) is 1. The molecular formula is C11H14F3N3OS. The second-order valence-corrected chi connectivity index (χ2v) is 4.77. The van der Waals surface area contributed by atoms with E-state index < -0.39 is 5.51 Å². The number of benzene rings is 1. The zero-order valence-electron chi connectivity index (χ0n) is 9.94. The third-order valence-corrected chi connectivity index (χ3v) is 3.00. The number of amidine groups is 1. The van der Waals surface area contributed by atoms with Gasteiger partial charge in [0.2, 0.25) is 0 Å². The van der Waals surface area contributed by atoms with Crippen molar-refractivity contribution in [1.82, 2.24) is 5.32 Å². The summed E-state index contributed by atoms with van der Waals surface area (Å²) in [4.78, 5) is 0. The van der Waals surface area contributed by atoms with Gasteiger partial charge in [-0.3, -0.25) is 0 Å². The van der Waals surface area contributed by atoms with Gasteiger partial charge >= 0.3 is 5.51 Å². The lowest BCUT2D eigenvalue weighted by molar-refractivity contribution is -0.0327. The first kappa shape index (κ1) is 15.6. The van der Waals surface area contributed by atoms with Crippen LogP contribution in [0.25, 0.3) is 0 Å². The van der Waals surface area contributed by atoms with E-state index in [1.54, 1.807) is 24.3 Å². The molecule has 0 spiro atoms. The highest BCUT2D eigenvalue weighted by Crippen LogP contribution is 2.29. The van der Waals surface area contributed by atoms with Gasteiger partial charge in [0.1, 0.15) is 0 Å². The standard InChI is InChI=1S/C11H14F3N3OS/c12-11(13,14)19-6-5-16-7-8-3-1-2-4-9(8)10(15)17-18/h1-4,16,18H,5-7H2,(H2,15,17). The average Bonchev–Trinajstić information content (AvgIpc) is 2.36. The van der Waals surface area contributed by atoms with E-state index in [0.717, 1.165) is 5.56 Å². The van der Waals surface area contributed by atoms with E-state index in [1.807, 2.05) is 0 Å². The van der Waals surface area contributed by atoms with E-state index in [-0.39, 0.29) is 29.9 Å². The third kappa shape index (κ3) is 5.84. The molecule has 0 atom stereocenters. The lowest BCUT2D eigenvalue weighted by Crippen LogP contribution is -2.22. The van der Waals surface area contributed by atoms with Crippen molar-refractivity contribution < 1.29 is 18.4 Å². The van der Waals surface area contributed by atoms with Crippen LogP contribution < -0.4 is 11.1 Å². The predicted molar refractivity (Wildman–Crippen MR) is 69.2 cm³/mol. The summed E-state index contributed by atoms with van der Waals surface area (Å²) in [6, 6.07) is 6.94. The third-order valence-electron chi connectivity index (χ3n) is 2.26. The maximum atomic E-state index is 11.9. The van der Waals surface area contributed by atoms with Gasteiger partial charge in [-0.05, 0) is 17.3 Å². The number of alkyl halides is 3. The molecule has 0 heterocycles. The molecule has 0 unspecified atom stereocenters. The minimum absolute atomic E-state index is 0.0259. The minimum atomic E-state index is -4.20. The molecule has 4 N–H and O–H groups in total. The van der Waals surface area contributed by atoms with E-state index in [0.29, 0.717) is 12.1 Å². The SMILES string of the molecule is N/C(=N/O)c1ccccc1CNCCSC(F)(F)F. The van der Waals surface area contributed by atoms with Crippen molar-refractivity contribution in [2.24, 2.45) is 10.9 Å². The van der Waals surface area contributed by atoms with Gasteiger partial charge in [0, 0.05) is 24.4 Å². The molecule has 4 nitrogen and oxygen atoms in total. The molecule has 0 saturated carbocycles. The number of oxime groups is 1. The van der Waals surface area contributed by atoms with Crippen LogP contribution in [0.15, 0.2) is 29.4 Å². The summed E-state index contributed by atoms with van der Waals surface area (Å²) in [6.07, 6.45) is 0. The molecule has 0 amide bonds. The van der Waals surface area contributed by atoms with Crippen LogP contribution in [0.5, 0.6) is 0 Å². The van der Waals surface area contributed by atoms with Gasteiger partial charge in [0.15, 0.2) is 5.84 Å². The first-order valence-electron chi connectivity index (χ1n) is 5.41. The van der Waals surface area contributed by atoms with Gasteiger partial charge in [-0.25, -0.2) is 0 Å². The van der Waals surface area contributed by atoms with Crippen LogP contribution in [0.1, 0.15) is 11.1 Å². The van der Waals surface area contributed by atoms with Crippen molar-refractivity contribution in [3.8, 4) is 0 Å². The largest absolute Gasteiger partial charge is 0.441 e. The van der Waals surface area contributed by atoms with E-state index in [2.05, 4.69) is 10.5 Å². The normalized spacial score (nSPS) is 12.7. The number of halogens is 3. The molecule has 1 aromatic rings. The number of nitrogens with zero attached hydrogens (tertiary/aromatic N) is 1. The smallest absolute Gasteiger partial charge is 0.409 e. The first-order valence-corrected chi connectivity index (χ1v) is 6.40. The van der Waals surface area contributed by atoms with E-state index in [9.17, 15) is 13.2 Å². The molecule has 0 aliphatic heterocycles. The molecule has 0 aliphatic carbocycles. The Morgan fingerprint density at radius 2 is 2.05 bits per heavy atom. The number of rotatable bonds is 6. The minimum Gasteiger partial charge on any atom is -0.409 e. The number of thioether (sulfide) groups is 1. The summed E-state index contributed by atoms with van der Waals surface area (Å²) < 4.78 is 35.7. The number of hydrogen-bond acceptors (Lipinski definition) is 4. The lowest BCUT2D eigenvalue weighted by atomic mass is 10.1. The Kier molecular flexibility index (Phi) is 5.97. The van der Waals surface area contributed by atoms with Crippen LogP contribution in [-0.2, 0) is 6.54 Å². The van der Waals surface area contributed by atoms with Crippen molar-refractivity contribution in [2.75, 3.05) is 12.3 Å². The molecule has 1 aromatic carbocycles. The zero-order valence-corrected chi connectivity index (χ0v) is 10.8. The summed E-state index contributed by atoms with van der Waals surface area (Å²) in [6.45, 7) is 0.569. The van der Waals surface area contributed by atoms with E-state index >= 15 is 0 Å². The van der Waals surface area contributed by atoms with E-state index in [4.69, 9.17) is 10.9 Å². The first-order chi connectivity index (χ1) is 8.94. The van der Waals surface area contributed by atoms with Crippen LogP contribution in [0.3, 0.4) is 0 Å². The predicted octanol–water partition coefficient (Wildman–Crippen LogP) is 2.12. The average molecular weight is 293 g/mol. The molecular weight excluding hydrogens is 279 g/mol. The Balaban J connectivity index is 2.46. The summed E-state index contributed by atoms with van der Waals surface area (Å²) in [5.74, 6) is -0.0861. The highest BCUT2D eigenvalue weighted by atomic mass is 32.2. The molecule has 0 aliphatic rings. The summed E-state index contributed by atoms with van der Waals surface area (Å²) in [5, 5.41) is 14.4. The monoisotopic (exact) mass is 293 g/mol. The van der Waals surface area contributed by atoms with Crippen LogP contribution in [0, 0.1) is 0 Å². The molecule has 1 rings (SSSR count). The van der Waals surface area contributed by atoms with Crippen LogP contribution in [0.4, 0.5) is 13.2 Å². The molecule has 0 aromatic heterocycles. The Bertz CT molecular complexity index is 437. The fraction of sp³-hybridized carbons (Fsp3) is 0.364. The summed E-state index contributed by atoms with van der Waals surface area (Å²) in [5.41, 5.74) is 2.62. The highest BCUT2D eigenvalue weighted by molar-refractivity contribution is 8.00. The van der Waals surface area contributed by atoms with Gasteiger partial charge in [-0.1, -0.05) is 29.4 Å². The summed E-state index contributed by atoms with van der Waals surface area (Å²) >= 11 is -0.0672. The van der Waals surface area contributed by atoms with E-state index in [1.165, 1.54) is 0 Å². The summed E-state index contributed by atoms with van der Waals surface area (Å²) in [7, 11) is 0. The molecule has 0 bridgehead atoms. The van der Waals surface area contributed by atoms with Crippen molar-refractivity contribution in [3.63, 3.8) is 0 Å². The Labute approximate surface area is 112 Å². The maximum Gasteiger partial charge on any atom is 0.441 e. The molecule has 0 radical (unpaired) electrons. The highest BCUT2D eigenvalue weighted by Gasteiger charge is 2.27. The van der Waals surface area contributed by atoms with Gasteiger partial charge in [-0.2, -0.15) is 13.2 Å². The van der Waals surface area contributed by atoms with Crippen molar-refractivity contribution in [1.29, 1.82) is 0 Å². The maximum absolute atomic E-state index is 11.9. The number of nitrogens with one attached hydrogen (secondary N) is 1. The van der Waals surface area contributed by atoms with Crippen LogP contribution in [-0.4, -0.2) is 28.8 Å². The quantitative estimate of drug-likeness (QED) is 0.247. The van der Waals surface area contributed by atoms with Crippen molar-refractivity contribution in [3.05, 3.63) is 35.4 Å². The Hall–Kier alpha value is -1.41. The Morgan fingerprint density at radius 3 is 2.68 bits per heavy atom. The second-order valence-electron chi connectivity index (χ2n) is 3.61. The van der Waals surface area contributed by atoms with Gasteiger partial charge in [0.25, 0.3) is 0 Å². The Morgan fingerprint density at radius 1 is 1.37 bits per heavy atom. The van der Waals surface area contributed by atoms with Gasteiger partial charge < -0.3 is 16.3 Å². The van der Waals surface area contributed by atoms with Gasteiger partial charge in [0.05, 0.1) is 0 Å². The molecule has 8 heteroatoms. The van der Waals surface area contributed by atoms with Crippen molar-refractivity contribution in [2.45, 2.75) is 12.1 Å². The van der Waals surface area contributed by atoms with Gasteiger partial charge in [-0.15, -0.1) is 0 Å².